The second kappa shape index (κ2) is 8.29. The first kappa shape index (κ1) is 17.0. The Labute approximate surface area is 137 Å². The predicted octanol–water partition coefficient (Wildman–Crippen LogP) is 2.54. The third-order valence-electron chi connectivity index (χ3n) is 3.59. The summed E-state index contributed by atoms with van der Waals surface area (Å²) in [4.78, 5) is 18.3. The molecule has 1 unspecified atom stereocenters. The van der Waals surface area contributed by atoms with Crippen LogP contribution in [-0.4, -0.2) is 40.6 Å². The third kappa shape index (κ3) is 5.07. The number of aliphatic hydroxyl groups is 1. The molecule has 0 saturated heterocycles. The molecule has 23 heavy (non-hydrogen) atoms. The van der Waals surface area contributed by atoms with E-state index in [4.69, 9.17) is 0 Å². The first-order chi connectivity index (χ1) is 11.1. The lowest BCUT2D eigenvalue weighted by Gasteiger charge is -2.20. The van der Waals surface area contributed by atoms with E-state index in [1.165, 1.54) is 0 Å². The van der Waals surface area contributed by atoms with E-state index >= 15 is 0 Å². The van der Waals surface area contributed by atoms with Gasteiger partial charge in [0.05, 0.1) is 11.7 Å². The number of nitrogens with one attached hydrogen (secondary N) is 1. The first-order valence-corrected chi connectivity index (χ1v) is 7.73. The molecule has 2 rings (SSSR count). The minimum atomic E-state index is -0.413. The average molecular weight is 313 g/mol. The van der Waals surface area contributed by atoms with Crippen LogP contribution in [0.25, 0.3) is 0 Å². The van der Waals surface area contributed by atoms with Crippen LogP contribution in [0.15, 0.2) is 48.8 Å². The van der Waals surface area contributed by atoms with Crippen molar-refractivity contribution in [2.45, 2.75) is 26.0 Å². The van der Waals surface area contributed by atoms with Crippen molar-refractivity contribution in [3.8, 4) is 0 Å². The number of hydrogen-bond donors (Lipinski definition) is 2. The second-order valence-corrected chi connectivity index (χ2v) is 5.62. The van der Waals surface area contributed by atoms with Crippen LogP contribution < -0.4 is 5.32 Å². The standard InChI is InChI=1S/C18H23N3O2/c1-14(22)9-11-21(2)18(23)16-7-3-4-8-17(16)20-13-15-6-5-10-19-12-15/h3-8,10,12,14,20,22H,9,11,13H2,1-2H3. The van der Waals surface area contributed by atoms with Crippen LogP contribution in [0.2, 0.25) is 0 Å². The molecular weight excluding hydrogens is 290 g/mol. The Morgan fingerprint density at radius 1 is 1.30 bits per heavy atom. The number of anilines is 1. The van der Waals surface area contributed by atoms with Gasteiger partial charge in [0.1, 0.15) is 0 Å². The Kier molecular flexibility index (Phi) is 6.11. The van der Waals surface area contributed by atoms with Crippen molar-refractivity contribution < 1.29 is 9.90 Å². The second-order valence-electron chi connectivity index (χ2n) is 5.62. The number of aromatic nitrogens is 1. The molecule has 0 aliphatic heterocycles. The molecule has 0 fully saturated rings. The molecule has 1 aromatic carbocycles. The Morgan fingerprint density at radius 3 is 2.78 bits per heavy atom. The van der Waals surface area contributed by atoms with Gasteiger partial charge in [-0.3, -0.25) is 9.78 Å². The minimum Gasteiger partial charge on any atom is -0.393 e. The SMILES string of the molecule is CC(O)CCN(C)C(=O)c1ccccc1NCc1cccnc1. The molecule has 0 radical (unpaired) electrons. The molecule has 0 spiro atoms. The quantitative estimate of drug-likeness (QED) is 0.824. The number of para-hydroxylation sites is 1. The van der Waals surface area contributed by atoms with Gasteiger partial charge in [-0.1, -0.05) is 18.2 Å². The molecule has 1 amide bonds. The summed E-state index contributed by atoms with van der Waals surface area (Å²) in [7, 11) is 1.75. The number of carbonyl (C=O) groups excluding carboxylic acids is 1. The van der Waals surface area contributed by atoms with Crippen molar-refractivity contribution >= 4 is 11.6 Å². The van der Waals surface area contributed by atoms with E-state index in [0.717, 1.165) is 11.3 Å². The predicted molar refractivity (Wildman–Crippen MR) is 91.3 cm³/mol. The number of benzene rings is 1. The van der Waals surface area contributed by atoms with Crippen molar-refractivity contribution in [2.75, 3.05) is 18.9 Å². The number of hydrogen-bond acceptors (Lipinski definition) is 4. The van der Waals surface area contributed by atoms with Gasteiger partial charge in [-0.15, -0.1) is 0 Å². The van der Waals surface area contributed by atoms with E-state index in [1.54, 1.807) is 31.3 Å². The van der Waals surface area contributed by atoms with Crippen LogP contribution in [0, 0.1) is 0 Å². The van der Waals surface area contributed by atoms with Gasteiger partial charge in [-0.05, 0) is 37.1 Å². The highest BCUT2D eigenvalue weighted by Crippen LogP contribution is 2.18. The molecule has 5 nitrogen and oxygen atoms in total. The summed E-state index contributed by atoms with van der Waals surface area (Å²) in [5.41, 5.74) is 2.48. The fourth-order valence-corrected chi connectivity index (χ4v) is 2.21. The normalized spacial score (nSPS) is 11.8. The van der Waals surface area contributed by atoms with Gasteiger partial charge < -0.3 is 15.3 Å². The highest BCUT2D eigenvalue weighted by Gasteiger charge is 2.15. The summed E-state index contributed by atoms with van der Waals surface area (Å²) in [6.45, 7) is 2.85. The molecule has 1 heterocycles. The van der Waals surface area contributed by atoms with Gasteiger partial charge >= 0.3 is 0 Å². The van der Waals surface area contributed by atoms with E-state index in [9.17, 15) is 9.90 Å². The van der Waals surface area contributed by atoms with Crippen LogP contribution >= 0.6 is 0 Å². The molecule has 0 bridgehead atoms. The molecule has 2 N–H and O–H groups in total. The molecule has 1 aromatic heterocycles. The van der Waals surface area contributed by atoms with Crippen molar-refractivity contribution in [3.63, 3.8) is 0 Å². The van der Waals surface area contributed by atoms with Crippen LogP contribution in [0.4, 0.5) is 5.69 Å². The molecule has 122 valence electrons. The summed E-state index contributed by atoms with van der Waals surface area (Å²) in [5, 5.41) is 12.7. The smallest absolute Gasteiger partial charge is 0.255 e. The zero-order valence-corrected chi connectivity index (χ0v) is 13.6. The Balaban J connectivity index is 2.06. The van der Waals surface area contributed by atoms with E-state index in [0.29, 0.717) is 25.1 Å². The Morgan fingerprint density at radius 2 is 2.09 bits per heavy atom. The summed E-state index contributed by atoms with van der Waals surface area (Å²) >= 11 is 0. The number of aliphatic hydroxyl groups excluding tert-OH is 1. The van der Waals surface area contributed by atoms with E-state index in [-0.39, 0.29) is 5.91 Å². The van der Waals surface area contributed by atoms with Crippen molar-refractivity contribution in [1.29, 1.82) is 0 Å². The summed E-state index contributed by atoms with van der Waals surface area (Å²) in [6, 6.07) is 11.3. The number of nitrogens with zero attached hydrogens (tertiary/aromatic N) is 2. The van der Waals surface area contributed by atoms with Crippen LogP contribution in [-0.2, 0) is 6.54 Å². The monoisotopic (exact) mass is 313 g/mol. The fraction of sp³-hybridized carbons (Fsp3) is 0.333. The zero-order valence-electron chi connectivity index (χ0n) is 13.6. The van der Waals surface area contributed by atoms with Gasteiger partial charge in [0.15, 0.2) is 0 Å². The number of rotatable bonds is 7. The molecular formula is C18H23N3O2. The van der Waals surface area contributed by atoms with Gasteiger partial charge in [0, 0.05) is 38.2 Å². The summed E-state index contributed by atoms with van der Waals surface area (Å²) < 4.78 is 0. The summed E-state index contributed by atoms with van der Waals surface area (Å²) in [5.74, 6) is -0.0556. The topological polar surface area (TPSA) is 65.5 Å². The largest absolute Gasteiger partial charge is 0.393 e. The van der Waals surface area contributed by atoms with Gasteiger partial charge in [-0.2, -0.15) is 0 Å². The van der Waals surface area contributed by atoms with E-state index < -0.39 is 6.10 Å². The number of pyridine rings is 1. The lowest BCUT2D eigenvalue weighted by Crippen LogP contribution is -2.30. The lowest BCUT2D eigenvalue weighted by atomic mass is 10.1. The molecule has 0 aliphatic rings. The fourth-order valence-electron chi connectivity index (χ4n) is 2.21. The van der Waals surface area contributed by atoms with Crippen LogP contribution in [0.1, 0.15) is 29.3 Å². The molecule has 1 atom stereocenters. The van der Waals surface area contributed by atoms with Crippen LogP contribution in [0.5, 0.6) is 0 Å². The molecule has 2 aromatic rings. The number of amides is 1. The van der Waals surface area contributed by atoms with Gasteiger partial charge in [0.25, 0.3) is 5.91 Å². The third-order valence-corrected chi connectivity index (χ3v) is 3.59. The number of carbonyl (C=O) groups is 1. The first-order valence-electron chi connectivity index (χ1n) is 7.73. The lowest BCUT2D eigenvalue weighted by molar-refractivity contribution is 0.0770. The highest BCUT2D eigenvalue weighted by atomic mass is 16.3. The van der Waals surface area contributed by atoms with Gasteiger partial charge in [-0.25, -0.2) is 0 Å². The van der Waals surface area contributed by atoms with Crippen molar-refractivity contribution in [2.24, 2.45) is 0 Å². The van der Waals surface area contributed by atoms with E-state index in [1.807, 2.05) is 36.4 Å². The van der Waals surface area contributed by atoms with Gasteiger partial charge in [0.2, 0.25) is 0 Å². The maximum atomic E-state index is 12.6. The molecule has 5 heteroatoms. The minimum absolute atomic E-state index is 0.0556. The maximum Gasteiger partial charge on any atom is 0.255 e. The maximum absolute atomic E-state index is 12.6. The Hall–Kier alpha value is -2.40. The molecule has 0 aliphatic carbocycles. The van der Waals surface area contributed by atoms with E-state index in [2.05, 4.69) is 10.3 Å². The van der Waals surface area contributed by atoms with Crippen LogP contribution in [0.3, 0.4) is 0 Å². The molecule has 0 saturated carbocycles. The highest BCUT2D eigenvalue weighted by molar-refractivity contribution is 5.99. The zero-order chi connectivity index (χ0) is 16.7. The average Bonchev–Trinajstić information content (AvgIpc) is 2.58. The van der Waals surface area contributed by atoms with Crippen molar-refractivity contribution in [3.05, 3.63) is 59.9 Å². The summed E-state index contributed by atoms with van der Waals surface area (Å²) in [6.07, 6.45) is 3.68. The van der Waals surface area contributed by atoms with Crippen molar-refractivity contribution in [1.82, 2.24) is 9.88 Å². The Bertz CT molecular complexity index is 629.